The average molecular weight is 381 g/mol. The molecule has 1 aliphatic rings. The molecule has 1 unspecified atom stereocenters. The molecule has 0 amide bonds. The Morgan fingerprint density at radius 3 is 2.81 bits per heavy atom. The van der Waals surface area contributed by atoms with Gasteiger partial charge in [0.2, 0.25) is 0 Å². The van der Waals surface area contributed by atoms with Crippen molar-refractivity contribution in [2.75, 3.05) is 60.2 Å². The van der Waals surface area contributed by atoms with Gasteiger partial charge in [0.15, 0.2) is 5.96 Å². The number of guanidine groups is 1. The van der Waals surface area contributed by atoms with Gasteiger partial charge in [0, 0.05) is 39.5 Å². The van der Waals surface area contributed by atoms with E-state index in [1.165, 1.54) is 0 Å². The second kappa shape index (κ2) is 12.8. The van der Waals surface area contributed by atoms with Crippen molar-refractivity contribution in [2.45, 2.75) is 32.2 Å². The van der Waals surface area contributed by atoms with Crippen molar-refractivity contribution in [3.8, 4) is 0 Å². The number of rotatable bonds is 11. The van der Waals surface area contributed by atoms with Crippen LogP contribution in [0.15, 0.2) is 27.8 Å². The number of hydrogen-bond donors (Lipinski definition) is 2. The zero-order chi connectivity index (χ0) is 19.3. The molecule has 1 fully saturated rings. The molecule has 0 spiro atoms. The van der Waals surface area contributed by atoms with Gasteiger partial charge in [-0.15, -0.1) is 0 Å². The summed E-state index contributed by atoms with van der Waals surface area (Å²) in [4.78, 5) is 6.84. The first kappa shape index (κ1) is 21.7. The molecule has 27 heavy (non-hydrogen) atoms. The summed E-state index contributed by atoms with van der Waals surface area (Å²) < 4.78 is 16.7. The van der Waals surface area contributed by atoms with E-state index in [1.54, 1.807) is 6.26 Å². The number of nitrogens with zero attached hydrogens (tertiary/aromatic N) is 2. The summed E-state index contributed by atoms with van der Waals surface area (Å²) in [7, 11) is 4.08. The molecule has 2 heterocycles. The Bertz CT molecular complexity index is 513. The van der Waals surface area contributed by atoms with Crippen LogP contribution in [0.2, 0.25) is 0 Å². The first-order valence-corrected chi connectivity index (χ1v) is 10.1. The Balaban J connectivity index is 1.68. The second-order valence-corrected chi connectivity index (χ2v) is 7.13. The Kier molecular flexibility index (Phi) is 10.3. The molecule has 1 saturated heterocycles. The summed E-state index contributed by atoms with van der Waals surface area (Å²) in [6.07, 6.45) is 4.92. The fourth-order valence-electron chi connectivity index (χ4n) is 3.05. The highest BCUT2D eigenvalue weighted by atomic mass is 16.5. The standard InChI is InChI=1S/C20H36N4O3/c1-4-21-20(23-15-18(24(2)3)19-7-5-12-27-19)22-10-6-11-26-16-17-8-13-25-14-9-17/h5,7,12,17-18H,4,6,8-11,13-16H2,1-3H3,(H2,21,22,23). The van der Waals surface area contributed by atoms with Crippen LogP contribution in [0, 0.1) is 5.92 Å². The summed E-state index contributed by atoms with van der Waals surface area (Å²) in [5.74, 6) is 2.43. The predicted octanol–water partition coefficient (Wildman–Crippen LogP) is 2.27. The number of likely N-dealkylation sites (N-methyl/N-ethyl adjacent to an activating group) is 1. The second-order valence-electron chi connectivity index (χ2n) is 7.13. The SMILES string of the molecule is CCNC(=NCC(c1ccco1)N(C)C)NCCCOCC1CCOCC1. The minimum Gasteiger partial charge on any atom is -0.468 e. The molecule has 0 radical (unpaired) electrons. The third kappa shape index (κ3) is 8.32. The molecular weight excluding hydrogens is 344 g/mol. The normalized spacial score (nSPS) is 17.3. The lowest BCUT2D eigenvalue weighted by Crippen LogP contribution is -2.38. The van der Waals surface area contributed by atoms with E-state index in [-0.39, 0.29) is 6.04 Å². The zero-order valence-electron chi connectivity index (χ0n) is 17.1. The molecule has 2 rings (SSSR count). The summed E-state index contributed by atoms with van der Waals surface area (Å²) in [6, 6.07) is 4.04. The van der Waals surface area contributed by atoms with Gasteiger partial charge < -0.3 is 24.5 Å². The maximum absolute atomic E-state index is 5.82. The number of aliphatic imine (C=N–C) groups is 1. The third-order valence-electron chi connectivity index (χ3n) is 4.71. The van der Waals surface area contributed by atoms with E-state index in [1.807, 2.05) is 26.2 Å². The Morgan fingerprint density at radius 2 is 2.15 bits per heavy atom. The Morgan fingerprint density at radius 1 is 1.33 bits per heavy atom. The predicted molar refractivity (Wildman–Crippen MR) is 108 cm³/mol. The first-order chi connectivity index (χ1) is 13.2. The third-order valence-corrected chi connectivity index (χ3v) is 4.71. The van der Waals surface area contributed by atoms with Gasteiger partial charge in [-0.3, -0.25) is 9.89 Å². The molecule has 154 valence electrons. The summed E-state index contributed by atoms with van der Waals surface area (Å²) >= 11 is 0. The molecule has 7 heteroatoms. The Labute approximate surface area is 163 Å². The van der Waals surface area contributed by atoms with E-state index in [0.29, 0.717) is 12.5 Å². The molecule has 1 aromatic heterocycles. The van der Waals surface area contributed by atoms with Crippen LogP contribution in [-0.4, -0.2) is 71.0 Å². The maximum atomic E-state index is 5.82. The highest BCUT2D eigenvalue weighted by molar-refractivity contribution is 5.79. The highest BCUT2D eigenvalue weighted by Gasteiger charge is 2.16. The van der Waals surface area contributed by atoms with Gasteiger partial charge in [-0.1, -0.05) is 0 Å². The number of furan rings is 1. The van der Waals surface area contributed by atoms with Crippen LogP contribution in [0.25, 0.3) is 0 Å². The quantitative estimate of drug-likeness (QED) is 0.349. The van der Waals surface area contributed by atoms with E-state index >= 15 is 0 Å². The van der Waals surface area contributed by atoms with E-state index in [4.69, 9.17) is 18.9 Å². The van der Waals surface area contributed by atoms with Gasteiger partial charge in [-0.2, -0.15) is 0 Å². The molecule has 0 saturated carbocycles. The lowest BCUT2D eigenvalue weighted by Gasteiger charge is -2.22. The molecule has 7 nitrogen and oxygen atoms in total. The summed E-state index contributed by atoms with van der Waals surface area (Å²) in [6.45, 7) is 7.77. The van der Waals surface area contributed by atoms with Crippen LogP contribution in [0.3, 0.4) is 0 Å². The van der Waals surface area contributed by atoms with Crippen LogP contribution < -0.4 is 10.6 Å². The van der Waals surface area contributed by atoms with Crippen molar-refractivity contribution in [3.63, 3.8) is 0 Å². The first-order valence-electron chi connectivity index (χ1n) is 10.1. The lowest BCUT2D eigenvalue weighted by molar-refractivity contribution is 0.0203. The van der Waals surface area contributed by atoms with Crippen molar-refractivity contribution in [3.05, 3.63) is 24.2 Å². The van der Waals surface area contributed by atoms with Crippen molar-refractivity contribution in [1.29, 1.82) is 0 Å². The van der Waals surface area contributed by atoms with Gasteiger partial charge in [-0.25, -0.2) is 0 Å². The Hall–Kier alpha value is -1.57. The van der Waals surface area contributed by atoms with Crippen LogP contribution in [0.1, 0.15) is 38.0 Å². The van der Waals surface area contributed by atoms with Crippen molar-refractivity contribution in [1.82, 2.24) is 15.5 Å². The summed E-state index contributed by atoms with van der Waals surface area (Å²) in [5.41, 5.74) is 0. The van der Waals surface area contributed by atoms with E-state index in [9.17, 15) is 0 Å². The van der Waals surface area contributed by atoms with Crippen LogP contribution in [0.4, 0.5) is 0 Å². The monoisotopic (exact) mass is 380 g/mol. The maximum Gasteiger partial charge on any atom is 0.191 e. The van der Waals surface area contributed by atoms with Crippen LogP contribution >= 0.6 is 0 Å². The number of nitrogens with one attached hydrogen (secondary N) is 2. The minimum absolute atomic E-state index is 0.123. The molecule has 0 aromatic carbocycles. The molecular formula is C20H36N4O3. The lowest BCUT2D eigenvalue weighted by atomic mass is 10.0. The van der Waals surface area contributed by atoms with Gasteiger partial charge in [-0.05, 0) is 58.3 Å². The van der Waals surface area contributed by atoms with Crippen LogP contribution in [-0.2, 0) is 9.47 Å². The average Bonchev–Trinajstić information content (AvgIpc) is 3.19. The molecule has 0 aliphatic carbocycles. The largest absolute Gasteiger partial charge is 0.468 e. The summed E-state index contributed by atoms with van der Waals surface area (Å²) in [5, 5.41) is 6.69. The smallest absolute Gasteiger partial charge is 0.191 e. The van der Waals surface area contributed by atoms with Gasteiger partial charge >= 0.3 is 0 Å². The highest BCUT2D eigenvalue weighted by Crippen LogP contribution is 2.18. The van der Waals surface area contributed by atoms with Crippen molar-refractivity contribution in [2.24, 2.45) is 10.9 Å². The van der Waals surface area contributed by atoms with Crippen LogP contribution in [0.5, 0.6) is 0 Å². The molecule has 1 aliphatic heterocycles. The minimum atomic E-state index is 0.123. The fourth-order valence-corrected chi connectivity index (χ4v) is 3.05. The van der Waals surface area contributed by atoms with Gasteiger partial charge in [0.25, 0.3) is 0 Å². The molecule has 1 atom stereocenters. The van der Waals surface area contributed by atoms with Crippen molar-refractivity contribution < 1.29 is 13.9 Å². The van der Waals surface area contributed by atoms with Gasteiger partial charge in [0.05, 0.1) is 18.8 Å². The molecule has 0 bridgehead atoms. The van der Waals surface area contributed by atoms with E-state index in [0.717, 1.165) is 70.5 Å². The fraction of sp³-hybridized carbons (Fsp3) is 0.750. The van der Waals surface area contributed by atoms with E-state index < -0.39 is 0 Å². The zero-order valence-corrected chi connectivity index (χ0v) is 17.1. The topological polar surface area (TPSA) is 71.3 Å². The molecule has 2 N–H and O–H groups in total. The number of ether oxygens (including phenoxy) is 2. The van der Waals surface area contributed by atoms with Gasteiger partial charge in [0.1, 0.15) is 5.76 Å². The van der Waals surface area contributed by atoms with E-state index in [2.05, 4.69) is 22.5 Å². The molecule has 1 aromatic rings. The number of hydrogen-bond acceptors (Lipinski definition) is 5. The van der Waals surface area contributed by atoms with Crippen molar-refractivity contribution >= 4 is 5.96 Å².